The van der Waals surface area contributed by atoms with Gasteiger partial charge in [0.25, 0.3) is 0 Å². The molecule has 0 bridgehead atoms. The van der Waals surface area contributed by atoms with Crippen LogP contribution in [0.4, 0.5) is 5.69 Å². The summed E-state index contributed by atoms with van der Waals surface area (Å²) in [4.78, 5) is 24.4. The number of likely N-dealkylation sites (N-methyl/N-ethyl adjacent to an activating group) is 1. The highest BCUT2D eigenvalue weighted by Gasteiger charge is 2.17. The van der Waals surface area contributed by atoms with E-state index in [-0.39, 0.29) is 25.4 Å². The van der Waals surface area contributed by atoms with Crippen molar-refractivity contribution in [3.8, 4) is 0 Å². The number of carboxylic acid groups (broad SMARTS) is 1. The SMILES string of the molecule is CCNCC(=O)N(CCC(=O)O)c1ccccc1C. The van der Waals surface area contributed by atoms with Gasteiger partial charge in [-0.3, -0.25) is 9.59 Å². The molecule has 1 aromatic carbocycles. The third-order valence-electron chi connectivity index (χ3n) is 2.78. The van der Waals surface area contributed by atoms with Gasteiger partial charge in [-0.2, -0.15) is 0 Å². The maximum atomic E-state index is 12.1. The molecule has 5 nitrogen and oxygen atoms in total. The number of carbonyl (C=O) groups excluding carboxylic acids is 1. The number of aliphatic carboxylic acids is 1. The van der Waals surface area contributed by atoms with E-state index >= 15 is 0 Å². The minimum atomic E-state index is -0.908. The summed E-state index contributed by atoms with van der Waals surface area (Å²) in [7, 11) is 0. The van der Waals surface area contributed by atoms with E-state index in [1.54, 1.807) is 0 Å². The van der Waals surface area contributed by atoms with Gasteiger partial charge >= 0.3 is 5.97 Å². The molecule has 0 fully saturated rings. The van der Waals surface area contributed by atoms with Crippen LogP contribution in [0.5, 0.6) is 0 Å². The first-order chi connectivity index (χ1) is 9.06. The summed E-state index contributed by atoms with van der Waals surface area (Å²) in [6.45, 7) is 4.92. The number of carbonyl (C=O) groups is 2. The lowest BCUT2D eigenvalue weighted by atomic mass is 10.1. The fraction of sp³-hybridized carbons (Fsp3) is 0.429. The third kappa shape index (κ3) is 4.71. The summed E-state index contributed by atoms with van der Waals surface area (Å²) in [5.41, 5.74) is 1.73. The van der Waals surface area contributed by atoms with E-state index in [2.05, 4.69) is 5.32 Å². The van der Waals surface area contributed by atoms with E-state index in [0.717, 1.165) is 11.3 Å². The van der Waals surface area contributed by atoms with Crippen LogP contribution in [0.2, 0.25) is 0 Å². The topological polar surface area (TPSA) is 69.6 Å². The molecule has 104 valence electrons. The number of nitrogens with zero attached hydrogens (tertiary/aromatic N) is 1. The summed E-state index contributed by atoms with van der Waals surface area (Å²) in [5, 5.41) is 11.7. The number of carboxylic acids is 1. The van der Waals surface area contributed by atoms with Gasteiger partial charge in [0.2, 0.25) is 5.91 Å². The van der Waals surface area contributed by atoms with Crippen LogP contribution in [0, 0.1) is 6.92 Å². The van der Waals surface area contributed by atoms with Crippen molar-refractivity contribution in [2.75, 3.05) is 24.5 Å². The van der Waals surface area contributed by atoms with Crippen molar-refractivity contribution in [1.29, 1.82) is 0 Å². The molecule has 0 aliphatic rings. The summed E-state index contributed by atoms with van der Waals surface area (Å²) >= 11 is 0. The average molecular weight is 264 g/mol. The molecule has 1 aromatic rings. The normalized spacial score (nSPS) is 10.2. The molecule has 19 heavy (non-hydrogen) atoms. The van der Waals surface area contributed by atoms with E-state index in [1.165, 1.54) is 4.90 Å². The standard InChI is InChI=1S/C14H20N2O3/c1-3-15-10-13(17)16(9-8-14(18)19)12-7-5-4-6-11(12)2/h4-7,15H,3,8-10H2,1-2H3,(H,18,19). The van der Waals surface area contributed by atoms with E-state index in [1.807, 2.05) is 38.1 Å². The molecular formula is C14H20N2O3. The fourth-order valence-corrected chi connectivity index (χ4v) is 1.78. The Morgan fingerprint density at radius 1 is 1.32 bits per heavy atom. The van der Waals surface area contributed by atoms with Crippen molar-refractivity contribution in [2.45, 2.75) is 20.3 Å². The number of nitrogens with one attached hydrogen (secondary N) is 1. The van der Waals surface area contributed by atoms with Crippen LogP contribution >= 0.6 is 0 Å². The molecule has 2 N–H and O–H groups in total. The van der Waals surface area contributed by atoms with E-state index < -0.39 is 5.97 Å². The highest BCUT2D eigenvalue weighted by molar-refractivity contribution is 5.95. The van der Waals surface area contributed by atoms with Crippen molar-refractivity contribution in [1.82, 2.24) is 5.32 Å². The third-order valence-corrected chi connectivity index (χ3v) is 2.78. The number of para-hydroxylation sites is 1. The molecule has 1 rings (SSSR count). The first-order valence-corrected chi connectivity index (χ1v) is 6.34. The molecule has 0 spiro atoms. The summed E-state index contributed by atoms with van der Waals surface area (Å²) in [6, 6.07) is 7.48. The van der Waals surface area contributed by atoms with Gasteiger partial charge < -0.3 is 15.3 Å². The lowest BCUT2D eigenvalue weighted by molar-refractivity contribution is -0.136. The lowest BCUT2D eigenvalue weighted by Crippen LogP contribution is -2.39. The van der Waals surface area contributed by atoms with Gasteiger partial charge in [-0.25, -0.2) is 0 Å². The summed E-state index contributed by atoms with van der Waals surface area (Å²) in [5.74, 6) is -1.02. The Balaban J connectivity index is 2.88. The van der Waals surface area contributed by atoms with E-state index in [4.69, 9.17) is 5.11 Å². The van der Waals surface area contributed by atoms with Crippen LogP contribution in [0.25, 0.3) is 0 Å². The number of hydrogen-bond acceptors (Lipinski definition) is 3. The predicted molar refractivity (Wildman–Crippen MR) is 74.3 cm³/mol. The minimum Gasteiger partial charge on any atom is -0.481 e. The maximum absolute atomic E-state index is 12.1. The van der Waals surface area contributed by atoms with Crippen molar-refractivity contribution in [3.05, 3.63) is 29.8 Å². The zero-order chi connectivity index (χ0) is 14.3. The summed E-state index contributed by atoms with van der Waals surface area (Å²) in [6.07, 6.45) is -0.0633. The van der Waals surface area contributed by atoms with Gasteiger partial charge in [-0.1, -0.05) is 25.1 Å². The molecule has 1 amide bonds. The molecule has 0 aliphatic carbocycles. The van der Waals surface area contributed by atoms with Crippen molar-refractivity contribution < 1.29 is 14.7 Å². The largest absolute Gasteiger partial charge is 0.481 e. The predicted octanol–water partition coefficient (Wildman–Crippen LogP) is 1.41. The van der Waals surface area contributed by atoms with Gasteiger partial charge in [0, 0.05) is 12.2 Å². The monoisotopic (exact) mass is 264 g/mol. The van der Waals surface area contributed by atoms with Gasteiger partial charge in [-0.15, -0.1) is 0 Å². The molecule has 0 radical (unpaired) electrons. The fourth-order valence-electron chi connectivity index (χ4n) is 1.78. The van der Waals surface area contributed by atoms with E-state index in [0.29, 0.717) is 6.54 Å². The Labute approximate surface area is 113 Å². The first kappa shape index (κ1) is 15.2. The number of benzene rings is 1. The minimum absolute atomic E-state index is 0.0633. The highest BCUT2D eigenvalue weighted by atomic mass is 16.4. The molecular weight excluding hydrogens is 244 g/mol. The Kier molecular flexibility index (Phi) is 6.02. The van der Waals surface area contributed by atoms with Crippen LogP contribution < -0.4 is 10.2 Å². The highest BCUT2D eigenvalue weighted by Crippen LogP contribution is 2.19. The smallest absolute Gasteiger partial charge is 0.305 e. The van der Waals surface area contributed by atoms with Gasteiger partial charge in [-0.05, 0) is 25.1 Å². The lowest BCUT2D eigenvalue weighted by Gasteiger charge is -2.24. The van der Waals surface area contributed by atoms with Crippen molar-refractivity contribution >= 4 is 17.6 Å². The van der Waals surface area contributed by atoms with Gasteiger partial charge in [0.15, 0.2) is 0 Å². The Morgan fingerprint density at radius 3 is 2.58 bits per heavy atom. The van der Waals surface area contributed by atoms with Crippen molar-refractivity contribution in [2.24, 2.45) is 0 Å². The Hall–Kier alpha value is -1.88. The first-order valence-electron chi connectivity index (χ1n) is 6.34. The quantitative estimate of drug-likeness (QED) is 0.781. The summed E-state index contributed by atoms with van der Waals surface area (Å²) < 4.78 is 0. The Bertz CT molecular complexity index is 446. The van der Waals surface area contributed by atoms with Crippen LogP contribution in [-0.4, -0.2) is 36.6 Å². The Morgan fingerprint density at radius 2 is 2.00 bits per heavy atom. The molecule has 0 heterocycles. The number of aryl methyl sites for hydroxylation is 1. The zero-order valence-electron chi connectivity index (χ0n) is 11.3. The number of amides is 1. The molecule has 0 saturated carbocycles. The number of anilines is 1. The van der Waals surface area contributed by atoms with Crippen LogP contribution in [0.1, 0.15) is 18.9 Å². The second-order valence-electron chi connectivity index (χ2n) is 4.26. The van der Waals surface area contributed by atoms with Gasteiger partial charge in [0.05, 0.1) is 13.0 Å². The molecule has 0 saturated heterocycles. The van der Waals surface area contributed by atoms with Crippen LogP contribution in [-0.2, 0) is 9.59 Å². The maximum Gasteiger partial charge on any atom is 0.305 e. The molecule has 0 unspecified atom stereocenters. The molecule has 0 atom stereocenters. The van der Waals surface area contributed by atoms with Crippen molar-refractivity contribution in [3.63, 3.8) is 0 Å². The molecule has 5 heteroatoms. The zero-order valence-corrected chi connectivity index (χ0v) is 11.3. The van der Waals surface area contributed by atoms with Crippen LogP contribution in [0.3, 0.4) is 0 Å². The second-order valence-corrected chi connectivity index (χ2v) is 4.26. The van der Waals surface area contributed by atoms with Gasteiger partial charge in [0.1, 0.15) is 0 Å². The molecule has 0 aromatic heterocycles. The number of rotatable bonds is 7. The second kappa shape index (κ2) is 7.53. The average Bonchev–Trinajstić information content (AvgIpc) is 2.38. The van der Waals surface area contributed by atoms with Crippen LogP contribution in [0.15, 0.2) is 24.3 Å². The number of hydrogen-bond donors (Lipinski definition) is 2. The van der Waals surface area contributed by atoms with E-state index in [9.17, 15) is 9.59 Å². The molecule has 0 aliphatic heterocycles.